The molecule has 1 atom stereocenters. The van der Waals surface area contributed by atoms with Crippen LogP contribution in [0, 0.1) is 5.92 Å². The first kappa shape index (κ1) is 25.8. The molecule has 1 saturated heterocycles. The third-order valence-corrected chi connectivity index (χ3v) is 7.42. The Kier molecular flexibility index (Phi) is 7.91. The molecule has 0 N–H and O–H groups in total. The lowest BCUT2D eigenvalue weighted by Crippen LogP contribution is -2.40. The van der Waals surface area contributed by atoms with Gasteiger partial charge in [0, 0.05) is 36.6 Å². The Labute approximate surface area is 222 Å². The van der Waals surface area contributed by atoms with Gasteiger partial charge in [0.05, 0.1) is 7.11 Å². The maximum Gasteiger partial charge on any atom is 0.253 e. The van der Waals surface area contributed by atoms with Crippen LogP contribution in [0.4, 0.5) is 4.39 Å². The predicted octanol–water partition coefficient (Wildman–Crippen LogP) is 5.23. The number of hydrogen-bond donors (Lipinski definition) is 0. The molecule has 198 valence electrons. The topological polar surface area (TPSA) is 65.1 Å². The minimum Gasteiger partial charge on any atom is -0.493 e. The SMILES string of the molecule is COc1ccc([C@@H](c2ccccc2)C2CCN(C(=O)c3ccc4c(c3)CC(=O)CO4)CC2)cc1OCCF. The second-order valence-corrected chi connectivity index (χ2v) is 9.79. The summed E-state index contributed by atoms with van der Waals surface area (Å²) in [6.45, 7) is 0.768. The van der Waals surface area contributed by atoms with Gasteiger partial charge in [-0.1, -0.05) is 36.4 Å². The Morgan fingerprint density at radius 1 is 1.03 bits per heavy atom. The number of rotatable bonds is 8. The van der Waals surface area contributed by atoms with Crippen molar-refractivity contribution >= 4 is 11.7 Å². The zero-order valence-electron chi connectivity index (χ0n) is 21.5. The van der Waals surface area contributed by atoms with Crippen LogP contribution in [0.2, 0.25) is 0 Å². The summed E-state index contributed by atoms with van der Waals surface area (Å²) in [4.78, 5) is 27.0. The van der Waals surface area contributed by atoms with Crippen LogP contribution in [-0.2, 0) is 11.2 Å². The van der Waals surface area contributed by atoms with Gasteiger partial charge in [-0.2, -0.15) is 0 Å². The monoisotopic (exact) mass is 517 g/mol. The van der Waals surface area contributed by atoms with Crippen molar-refractivity contribution in [1.82, 2.24) is 4.90 Å². The molecule has 0 radical (unpaired) electrons. The minimum absolute atomic E-state index is 0.0200. The highest BCUT2D eigenvalue weighted by Gasteiger charge is 2.32. The Morgan fingerprint density at radius 2 is 1.82 bits per heavy atom. The fourth-order valence-corrected chi connectivity index (χ4v) is 5.58. The number of ketones is 1. The molecule has 0 saturated carbocycles. The highest BCUT2D eigenvalue weighted by atomic mass is 19.1. The number of alkyl halides is 1. The lowest BCUT2D eigenvalue weighted by molar-refractivity contribution is -0.121. The van der Waals surface area contributed by atoms with Gasteiger partial charge in [0.15, 0.2) is 17.3 Å². The van der Waals surface area contributed by atoms with Gasteiger partial charge in [-0.25, -0.2) is 4.39 Å². The van der Waals surface area contributed by atoms with E-state index in [0.29, 0.717) is 48.2 Å². The van der Waals surface area contributed by atoms with E-state index >= 15 is 0 Å². The predicted molar refractivity (Wildman–Crippen MR) is 142 cm³/mol. The molecule has 2 aliphatic heterocycles. The van der Waals surface area contributed by atoms with E-state index in [0.717, 1.165) is 24.0 Å². The van der Waals surface area contributed by atoms with Crippen molar-refractivity contribution in [1.29, 1.82) is 0 Å². The largest absolute Gasteiger partial charge is 0.493 e. The lowest BCUT2D eigenvalue weighted by Gasteiger charge is -2.37. The normalized spacial score (nSPS) is 16.4. The van der Waals surface area contributed by atoms with E-state index in [1.54, 1.807) is 25.3 Å². The smallest absolute Gasteiger partial charge is 0.253 e. The van der Waals surface area contributed by atoms with Gasteiger partial charge in [0.1, 0.15) is 25.6 Å². The standard InChI is InChI=1S/C31H32FNO5/c1-36-28-10-7-23(19-29(28)37-16-13-32)30(21-5-3-2-4-6-21)22-11-14-33(15-12-22)31(35)24-8-9-27-25(17-24)18-26(34)20-38-27/h2-10,17,19,22,30H,11-16,18,20H2,1H3/t30-/m0/s1. The number of carbonyl (C=O) groups is 2. The summed E-state index contributed by atoms with van der Waals surface area (Å²) in [5.74, 6) is 2.19. The van der Waals surface area contributed by atoms with Gasteiger partial charge in [-0.15, -0.1) is 0 Å². The Morgan fingerprint density at radius 3 is 2.55 bits per heavy atom. The molecule has 3 aromatic rings. The van der Waals surface area contributed by atoms with Crippen molar-refractivity contribution in [3.63, 3.8) is 0 Å². The summed E-state index contributed by atoms with van der Waals surface area (Å²) in [5, 5.41) is 0. The van der Waals surface area contributed by atoms with Crippen LogP contribution in [0.25, 0.3) is 0 Å². The van der Waals surface area contributed by atoms with E-state index in [9.17, 15) is 14.0 Å². The summed E-state index contributed by atoms with van der Waals surface area (Å²) >= 11 is 0. The third-order valence-electron chi connectivity index (χ3n) is 7.42. The maximum atomic E-state index is 13.3. The molecule has 2 heterocycles. The van der Waals surface area contributed by atoms with Gasteiger partial charge in [0.25, 0.3) is 5.91 Å². The average molecular weight is 518 g/mol. The number of hydrogen-bond acceptors (Lipinski definition) is 5. The first-order valence-corrected chi connectivity index (χ1v) is 13.1. The number of carbonyl (C=O) groups excluding carboxylic acids is 2. The molecule has 0 bridgehead atoms. The summed E-state index contributed by atoms with van der Waals surface area (Å²) in [6.07, 6.45) is 1.98. The fourth-order valence-electron chi connectivity index (χ4n) is 5.58. The molecule has 3 aromatic carbocycles. The zero-order valence-corrected chi connectivity index (χ0v) is 21.5. The minimum atomic E-state index is -0.574. The van der Waals surface area contributed by atoms with Crippen LogP contribution in [-0.4, -0.2) is 56.7 Å². The molecule has 6 nitrogen and oxygen atoms in total. The van der Waals surface area contributed by atoms with Crippen molar-refractivity contribution < 1.29 is 28.2 Å². The third kappa shape index (κ3) is 5.52. The van der Waals surface area contributed by atoms with Crippen LogP contribution >= 0.6 is 0 Å². The van der Waals surface area contributed by atoms with Gasteiger partial charge < -0.3 is 19.1 Å². The highest BCUT2D eigenvalue weighted by Crippen LogP contribution is 2.41. The van der Waals surface area contributed by atoms with Crippen molar-refractivity contribution in [3.8, 4) is 17.2 Å². The quantitative estimate of drug-likeness (QED) is 0.409. The van der Waals surface area contributed by atoms with Gasteiger partial charge in [-0.3, -0.25) is 9.59 Å². The number of likely N-dealkylation sites (tertiary alicyclic amines) is 1. The highest BCUT2D eigenvalue weighted by molar-refractivity contribution is 5.95. The average Bonchev–Trinajstić information content (AvgIpc) is 2.96. The van der Waals surface area contributed by atoms with Gasteiger partial charge >= 0.3 is 0 Å². The number of fused-ring (bicyclic) bond motifs is 1. The summed E-state index contributed by atoms with van der Waals surface area (Å²) < 4.78 is 29.4. The van der Waals surface area contributed by atoms with Crippen molar-refractivity contribution in [2.45, 2.75) is 25.2 Å². The van der Waals surface area contributed by atoms with E-state index in [1.807, 2.05) is 41.3 Å². The molecule has 38 heavy (non-hydrogen) atoms. The van der Waals surface area contributed by atoms with Crippen LogP contribution in [0.1, 0.15) is 45.8 Å². The number of methoxy groups -OCH3 is 1. The molecule has 1 fully saturated rings. The first-order chi connectivity index (χ1) is 18.6. The van der Waals surface area contributed by atoms with E-state index in [2.05, 4.69) is 12.1 Å². The molecule has 7 heteroatoms. The Bertz CT molecular complexity index is 1290. The van der Waals surface area contributed by atoms with Crippen LogP contribution < -0.4 is 14.2 Å². The van der Waals surface area contributed by atoms with E-state index in [-0.39, 0.29) is 30.8 Å². The number of piperidine rings is 1. The molecule has 0 aromatic heterocycles. The second-order valence-electron chi connectivity index (χ2n) is 9.79. The van der Waals surface area contributed by atoms with E-state index in [4.69, 9.17) is 14.2 Å². The number of nitrogens with zero attached hydrogens (tertiary/aromatic N) is 1. The number of Topliss-reactive ketones (excluding diaryl/α,β-unsaturated/α-hetero) is 1. The zero-order chi connectivity index (χ0) is 26.5. The summed E-state index contributed by atoms with van der Waals surface area (Å²) in [6, 6.07) is 21.6. The molecule has 1 amide bonds. The van der Waals surface area contributed by atoms with Crippen molar-refractivity contribution in [2.24, 2.45) is 5.92 Å². The molecule has 5 rings (SSSR count). The number of halogens is 1. The van der Waals surface area contributed by atoms with E-state index < -0.39 is 6.67 Å². The number of ether oxygens (including phenoxy) is 3. The maximum absolute atomic E-state index is 13.3. The van der Waals surface area contributed by atoms with E-state index in [1.165, 1.54) is 5.56 Å². The number of amides is 1. The van der Waals surface area contributed by atoms with Gasteiger partial charge in [0.2, 0.25) is 0 Å². The second kappa shape index (κ2) is 11.7. The van der Waals surface area contributed by atoms with Crippen LogP contribution in [0.5, 0.6) is 17.2 Å². The Balaban J connectivity index is 1.35. The molecule has 2 aliphatic rings. The lowest BCUT2D eigenvalue weighted by atomic mass is 9.76. The molecular formula is C31H32FNO5. The van der Waals surface area contributed by atoms with Crippen molar-refractivity contribution in [3.05, 3.63) is 89.0 Å². The molecule has 0 aliphatic carbocycles. The molecule has 0 unspecified atom stereocenters. The summed E-state index contributed by atoms with van der Waals surface area (Å²) in [7, 11) is 1.58. The van der Waals surface area contributed by atoms with Crippen LogP contribution in [0.3, 0.4) is 0 Å². The molecule has 0 spiro atoms. The van der Waals surface area contributed by atoms with Gasteiger partial charge in [-0.05, 0) is 60.2 Å². The Hall–Kier alpha value is -3.87. The first-order valence-electron chi connectivity index (χ1n) is 13.1. The molecular weight excluding hydrogens is 485 g/mol. The van der Waals surface area contributed by atoms with Crippen LogP contribution in [0.15, 0.2) is 66.7 Å². The summed E-state index contributed by atoms with van der Waals surface area (Å²) in [5.41, 5.74) is 3.63. The van der Waals surface area contributed by atoms with Crippen molar-refractivity contribution in [2.75, 3.05) is 40.1 Å². The number of benzene rings is 3. The fraction of sp³-hybridized carbons (Fsp3) is 0.355.